The molecule has 0 unspecified atom stereocenters. The van der Waals surface area contributed by atoms with E-state index in [4.69, 9.17) is 0 Å². The molecule has 3 aromatic carbocycles. The number of benzene rings is 3. The molecule has 0 saturated heterocycles. The van der Waals surface area contributed by atoms with Gasteiger partial charge in [-0.2, -0.15) is 13.2 Å². The molecule has 0 atom stereocenters. The minimum absolute atomic E-state index is 0.206. The standard InChI is InChI=1S/C27H25F3N2O/c1-20(21-12-6-4-7-13-21)18-31(2)24-16-10-11-17-25(24)32(3)19-23(26(33)27(28,29)30)22-14-8-5-9-15-22/h4-19H,1-3H3/b20-18-,23-19+. The van der Waals surface area contributed by atoms with Gasteiger partial charge in [0.05, 0.1) is 16.9 Å². The number of carbonyl (C=O) groups excluding carboxylic acids is 1. The maximum atomic E-state index is 13.3. The van der Waals surface area contributed by atoms with Gasteiger partial charge in [-0.3, -0.25) is 4.79 Å². The molecule has 3 aromatic rings. The molecule has 0 aliphatic rings. The quantitative estimate of drug-likeness (QED) is 0.370. The van der Waals surface area contributed by atoms with Gasteiger partial charge in [0.25, 0.3) is 5.78 Å². The van der Waals surface area contributed by atoms with E-state index in [0.29, 0.717) is 5.69 Å². The summed E-state index contributed by atoms with van der Waals surface area (Å²) in [4.78, 5) is 15.7. The van der Waals surface area contributed by atoms with Crippen LogP contribution in [-0.2, 0) is 4.79 Å². The first-order chi connectivity index (χ1) is 15.7. The van der Waals surface area contributed by atoms with Crippen molar-refractivity contribution in [2.24, 2.45) is 0 Å². The lowest BCUT2D eigenvalue weighted by Crippen LogP contribution is -2.25. The Bertz CT molecular complexity index is 1150. The molecule has 0 fully saturated rings. The summed E-state index contributed by atoms with van der Waals surface area (Å²) in [5.41, 5.74) is 3.32. The Balaban J connectivity index is 2.01. The zero-order valence-electron chi connectivity index (χ0n) is 18.7. The number of nitrogens with zero attached hydrogens (tertiary/aromatic N) is 2. The van der Waals surface area contributed by atoms with Crippen molar-refractivity contribution in [1.29, 1.82) is 0 Å². The van der Waals surface area contributed by atoms with E-state index in [1.165, 1.54) is 18.3 Å². The summed E-state index contributed by atoms with van der Waals surface area (Å²) >= 11 is 0. The molecule has 3 nitrogen and oxygen atoms in total. The van der Waals surface area contributed by atoms with Gasteiger partial charge in [0.2, 0.25) is 0 Å². The van der Waals surface area contributed by atoms with Crippen LogP contribution < -0.4 is 9.80 Å². The molecular weight excluding hydrogens is 425 g/mol. The van der Waals surface area contributed by atoms with Crippen LogP contribution in [0, 0.1) is 0 Å². The Morgan fingerprint density at radius 1 is 0.697 bits per heavy atom. The average Bonchev–Trinajstić information content (AvgIpc) is 2.82. The first-order valence-electron chi connectivity index (χ1n) is 10.4. The lowest BCUT2D eigenvalue weighted by Gasteiger charge is -2.25. The van der Waals surface area contributed by atoms with Gasteiger partial charge in [-0.05, 0) is 35.8 Å². The lowest BCUT2D eigenvalue weighted by atomic mass is 10.0. The highest BCUT2D eigenvalue weighted by molar-refractivity contribution is 6.23. The summed E-state index contributed by atoms with van der Waals surface area (Å²) in [6.07, 6.45) is -1.77. The van der Waals surface area contributed by atoms with Crippen LogP contribution in [0.3, 0.4) is 0 Å². The number of ketones is 1. The second kappa shape index (κ2) is 10.2. The molecule has 0 aliphatic heterocycles. The molecule has 33 heavy (non-hydrogen) atoms. The number of alkyl halides is 3. The van der Waals surface area contributed by atoms with E-state index in [-0.39, 0.29) is 5.56 Å². The maximum absolute atomic E-state index is 13.3. The smallest absolute Gasteiger partial charge is 0.349 e. The van der Waals surface area contributed by atoms with Crippen LogP contribution in [-0.4, -0.2) is 26.1 Å². The third-order valence-electron chi connectivity index (χ3n) is 5.17. The number of Topliss-reactive ketones (excluding diaryl/α,β-unsaturated/α-hetero) is 1. The molecule has 0 amide bonds. The monoisotopic (exact) mass is 450 g/mol. The summed E-state index contributed by atoms with van der Waals surface area (Å²) in [6.45, 7) is 1.99. The van der Waals surface area contributed by atoms with Gasteiger partial charge in [0.1, 0.15) is 0 Å². The minimum Gasteiger partial charge on any atom is -0.349 e. The van der Waals surface area contributed by atoms with Gasteiger partial charge in [0, 0.05) is 26.5 Å². The van der Waals surface area contributed by atoms with Crippen molar-refractivity contribution in [3.63, 3.8) is 0 Å². The average molecular weight is 451 g/mol. The van der Waals surface area contributed by atoms with Crippen LogP contribution in [0.25, 0.3) is 11.1 Å². The fourth-order valence-corrected chi connectivity index (χ4v) is 3.49. The zero-order valence-corrected chi connectivity index (χ0v) is 18.7. The Kier molecular flexibility index (Phi) is 7.38. The predicted molar refractivity (Wildman–Crippen MR) is 129 cm³/mol. The Morgan fingerprint density at radius 2 is 1.12 bits per heavy atom. The summed E-state index contributed by atoms with van der Waals surface area (Å²) in [7, 11) is 3.51. The fourth-order valence-electron chi connectivity index (χ4n) is 3.49. The largest absolute Gasteiger partial charge is 0.454 e. The molecule has 0 saturated carbocycles. The molecule has 0 heterocycles. The van der Waals surface area contributed by atoms with Crippen molar-refractivity contribution < 1.29 is 18.0 Å². The Hall–Kier alpha value is -3.80. The number of rotatable bonds is 7. The highest BCUT2D eigenvalue weighted by Crippen LogP contribution is 2.32. The lowest BCUT2D eigenvalue weighted by molar-refractivity contribution is -0.164. The minimum atomic E-state index is -4.98. The second-order valence-corrected chi connectivity index (χ2v) is 7.62. The number of anilines is 2. The number of para-hydroxylation sites is 2. The van der Waals surface area contributed by atoms with Crippen LogP contribution in [0.15, 0.2) is 97.3 Å². The van der Waals surface area contributed by atoms with Crippen LogP contribution in [0.4, 0.5) is 24.5 Å². The van der Waals surface area contributed by atoms with Crippen molar-refractivity contribution in [3.8, 4) is 0 Å². The normalized spacial score (nSPS) is 12.4. The highest BCUT2D eigenvalue weighted by atomic mass is 19.4. The van der Waals surface area contributed by atoms with Gasteiger partial charge >= 0.3 is 6.18 Å². The van der Waals surface area contributed by atoms with E-state index in [0.717, 1.165) is 16.8 Å². The van der Waals surface area contributed by atoms with E-state index in [9.17, 15) is 18.0 Å². The maximum Gasteiger partial charge on any atom is 0.454 e. The molecule has 0 aromatic heterocycles. The van der Waals surface area contributed by atoms with E-state index in [1.807, 2.05) is 67.5 Å². The molecule has 3 rings (SSSR count). The molecule has 0 radical (unpaired) electrons. The summed E-state index contributed by atoms with van der Waals surface area (Å²) < 4.78 is 40.0. The second-order valence-electron chi connectivity index (χ2n) is 7.62. The third-order valence-corrected chi connectivity index (χ3v) is 5.17. The molecule has 0 N–H and O–H groups in total. The van der Waals surface area contributed by atoms with E-state index in [1.54, 1.807) is 42.3 Å². The number of allylic oxidation sites excluding steroid dienone is 2. The summed E-state index contributed by atoms with van der Waals surface area (Å²) in [6, 6.07) is 25.1. The van der Waals surface area contributed by atoms with Crippen LogP contribution in [0.5, 0.6) is 0 Å². The fraction of sp³-hybridized carbons (Fsp3) is 0.148. The van der Waals surface area contributed by atoms with E-state index >= 15 is 0 Å². The zero-order chi connectivity index (χ0) is 24.0. The molecule has 0 bridgehead atoms. The first-order valence-corrected chi connectivity index (χ1v) is 10.4. The van der Waals surface area contributed by atoms with Gasteiger partial charge in [-0.1, -0.05) is 72.8 Å². The Morgan fingerprint density at radius 3 is 1.61 bits per heavy atom. The van der Waals surface area contributed by atoms with Crippen LogP contribution in [0.1, 0.15) is 18.1 Å². The van der Waals surface area contributed by atoms with E-state index in [2.05, 4.69) is 0 Å². The summed E-state index contributed by atoms with van der Waals surface area (Å²) in [5.74, 6) is -1.88. The molecule has 0 spiro atoms. The van der Waals surface area contributed by atoms with Crippen molar-refractivity contribution >= 4 is 28.3 Å². The van der Waals surface area contributed by atoms with Gasteiger partial charge < -0.3 is 9.80 Å². The predicted octanol–water partition coefficient (Wildman–Crippen LogP) is 6.79. The van der Waals surface area contributed by atoms with Crippen molar-refractivity contribution in [2.45, 2.75) is 13.1 Å². The first kappa shape index (κ1) is 23.9. The van der Waals surface area contributed by atoms with Crippen LogP contribution in [0.2, 0.25) is 0 Å². The Labute approximate surface area is 192 Å². The van der Waals surface area contributed by atoms with Gasteiger partial charge in [-0.25, -0.2) is 0 Å². The third kappa shape index (κ3) is 5.92. The topological polar surface area (TPSA) is 23.6 Å². The van der Waals surface area contributed by atoms with Crippen LogP contribution >= 0.6 is 0 Å². The highest BCUT2D eigenvalue weighted by Gasteiger charge is 2.41. The number of hydrogen-bond donors (Lipinski definition) is 0. The molecule has 170 valence electrons. The van der Waals surface area contributed by atoms with Gasteiger partial charge in [-0.15, -0.1) is 0 Å². The number of hydrogen-bond acceptors (Lipinski definition) is 3. The molecular formula is C27H25F3N2O. The SMILES string of the molecule is C/C(=C/N(C)c1ccccc1N(C)/C=C(/C(=O)C(F)(F)F)c1ccccc1)c1ccccc1. The van der Waals surface area contributed by atoms with Crippen molar-refractivity contribution in [2.75, 3.05) is 23.9 Å². The number of halogens is 3. The van der Waals surface area contributed by atoms with Crippen molar-refractivity contribution in [3.05, 3.63) is 108 Å². The molecule has 0 aliphatic carbocycles. The molecule has 6 heteroatoms. The summed E-state index contributed by atoms with van der Waals surface area (Å²) in [5, 5.41) is 0. The van der Waals surface area contributed by atoms with E-state index < -0.39 is 17.5 Å². The van der Waals surface area contributed by atoms with Crippen molar-refractivity contribution in [1.82, 2.24) is 0 Å². The van der Waals surface area contributed by atoms with Gasteiger partial charge in [0.15, 0.2) is 0 Å². The number of carbonyl (C=O) groups is 1.